The number of sulfonamides is 1. The van der Waals surface area contributed by atoms with Crippen molar-refractivity contribution in [3.05, 3.63) is 33.3 Å². The summed E-state index contributed by atoms with van der Waals surface area (Å²) in [6.07, 6.45) is 0.563. The average molecular weight is 304 g/mol. The van der Waals surface area contributed by atoms with E-state index in [4.69, 9.17) is 16.9 Å². The second-order valence-electron chi connectivity index (χ2n) is 3.53. The summed E-state index contributed by atoms with van der Waals surface area (Å²) in [6.45, 7) is 0.0644. The van der Waals surface area contributed by atoms with Crippen LogP contribution in [0.5, 0.6) is 0 Å². The molecule has 1 N–H and O–H groups in total. The van der Waals surface area contributed by atoms with E-state index in [2.05, 4.69) is 4.72 Å². The lowest BCUT2D eigenvalue weighted by Gasteiger charge is -2.07. The molecule has 7 nitrogen and oxygen atoms in total. The van der Waals surface area contributed by atoms with Crippen molar-refractivity contribution in [3.8, 4) is 6.07 Å². The maximum atomic E-state index is 11.9. The average Bonchev–Trinajstić information content (AvgIpc) is 2.34. The van der Waals surface area contributed by atoms with Gasteiger partial charge in [0.25, 0.3) is 5.69 Å². The van der Waals surface area contributed by atoms with Gasteiger partial charge in [-0.3, -0.25) is 10.1 Å². The molecule has 0 aliphatic heterocycles. The lowest BCUT2D eigenvalue weighted by molar-refractivity contribution is -0.385. The molecule has 0 atom stereocenters. The smallest absolute Gasteiger partial charge is 0.258 e. The molecule has 0 unspecified atom stereocenters. The molecular formula is C10H10ClN3O4S. The van der Waals surface area contributed by atoms with Gasteiger partial charge in [0.1, 0.15) is 4.90 Å². The number of rotatable bonds is 6. The molecule has 102 valence electrons. The number of nitrogens with zero attached hydrogens (tertiary/aromatic N) is 2. The Hall–Kier alpha value is -1.69. The van der Waals surface area contributed by atoms with Crippen molar-refractivity contribution in [1.82, 2.24) is 4.72 Å². The minimum atomic E-state index is -3.92. The molecule has 1 rings (SSSR count). The Balaban J connectivity index is 2.97. The van der Waals surface area contributed by atoms with Crippen molar-refractivity contribution in [2.24, 2.45) is 0 Å². The van der Waals surface area contributed by atoms with Gasteiger partial charge in [-0.05, 0) is 12.5 Å². The van der Waals surface area contributed by atoms with Gasteiger partial charge in [-0.1, -0.05) is 11.6 Å². The molecule has 0 saturated carbocycles. The number of hydrogen-bond acceptors (Lipinski definition) is 5. The quantitative estimate of drug-likeness (QED) is 0.489. The van der Waals surface area contributed by atoms with Gasteiger partial charge in [0.05, 0.1) is 16.0 Å². The Kier molecular flexibility index (Phi) is 5.23. The van der Waals surface area contributed by atoms with Gasteiger partial charge in [0.2, 0.25) is 10.0 Å². The zero-order chi connectivity index (χ0) is 14.5. The highest BCUT2D eigenvalue weighted by Crippen LogP contribution is 2.25. The monoisotopic (exact) mass is 303 g/mol. The van der Waals surface area contributed by atoms with Gasteiger partial charge in [-0.2, -0.15) is 5.26 Å². The van der Waals surface area contributed by atoms with Crippen LogP contribution in [-0.4, -0.2) is 19.9 Å². The summed E-state index contributed by atoms with van der Waals surface area (Å²) in [7, 11) is -3.92. The SMILES string of the molecule is N#CCCCNS(=O)(=O)c1cc([N+](=O)[O-])ccc1Cl. The second kappa shape index (κ2) is 6.47. The van der Waals surface area contributed by atoms with Crippen LogP contribution in [0.15, 0.2) is 23.1 Å². The molecule has 0 amide bonds. The highest BCUT2D eigenvalue weighted by Gasteiger charge is 2.20. The summed E-state index contributed by atoms with van der Waals surface area (Å²) in [5.41, 5.74) is -0.359. The molecule has 0 saturated heterocycles. The molecule has 9 heteroatoms. The van der Waals surface area contributed by atoms with Crippen LogP contribution < -0.4 is 4.72 Å². The maximum absolute atomic E-state index is 11.9. The standard InChI is InChI=1S/C10H10ClN3O4S/c11-9-4-3-8(14(15)16)7-10(9)19(17,18)13-6-2-1-5-12/h3-4,7,13H,1-2,6H2. The third-order valence-corrected chi connectivity index (χ3v) is 4.12. The fourth-order valence-corrected chi connectivity index (χ4v) is 2.85. The van der Waals surface area contributed by atoms with E-state index < -0.39 is 14.9 Å². The van der Waals surface area contributed by atoms with Crippen LogP contribution in [0.4, 0.5) is 5.69 Å². The van der Waals surface area contributed by atoms with Crippen molar-refractivity contribution in [3.63, 3.8) is 0 Å². The van der Waals surface area contributed by atoms with Crippen molar-refractivity contribution in [2.45, 2.75) is 17.7 Å². The Morgan fingerprint density at radius 1 is 1.47 bits per heavy atom. The summed E-state index contributed by atoms with van der Waals surface area (Å²) in [5, 5.41) is 18.8. The third-order valence-electron chi connectivity index (χ3n) is 2.17. The predicted octanol–water partition coefficient (Wildman–Crippen LogP) is 1.83. The van der Waals surface area contributed by atoms with Crippen LogP contribution in [0, 0.1) is 21.4 Å². The van der Waals surface area contributed by atoms with E-state index in [0.29, 0.717) is 6.42 Å². The summed E-state index contributed by atoms with van der Waals surface area (Å²) < 4.78 is 26.0. The number of benzene rings is 1. The molecule has 0 bridgehead atoms. The molecule has 0 heterocycles. The summed E-state index contributed by atoms with van der Waals surface area (Å²) in [4.78, 5) is 9.55. The van der Waals surface area contributed by atoms with Crippen molar-refractivity contribution in [1.29, 1.82) is 5.26 Å². The molecule has 1 aromatic carbocycles. The van der Waals surface area contributed by atoms with E-state index >= 15 is 0 Å². The highest BCUT2D eigenvalue weighted by atomic mass is 35.5. The van der Waals surface area contributed by atoms with Gasteiger partial charge in [0.15, 0.2) is 0 Å². The summed E-state index contributed by atoms with van der Waals surface area (Å²) in [5.74, 6) is 0. The first-order valence-corrected chi connectivity index (χ1v) is 7.05. The zero-order valence-corrected chi connectivity index (χ0v) is 11.2. The Labute approximate surface area is 115 Å². The van der Waals surface area contributed by atoms with Gasteiger partial charge in [0, 0.05) is 25.1 Å². The molecule has 0 fully saturated rings. The topological polar surface area (TPSA) is 113 Å². The Morgan fingerprint density at radius 2 is 2.16 bits per heavy atom. The first kappa shape index (κ1) is 15.4. The number of nitro benzene ring substituents is 1. The Bertz CT molecular complexity index is 624. The zero-order valence-electron chi connectivity index (χ0n) is 9.67. The van der Waals surface area contributed by atoms with Gasteiger partial charge < -0.3 is 0 Å². The van der Waals surface area contributed by atoms with Crippen molar-refractivity contribution in [2.75, 3.05) is 6.54 Å². The lowest BCUT2D eigenvalue weighted by Crippen LogP contribution is -2.25. The number of hydrogen-bond donors (Lipinski definition) is 1. The van der Waals surface area contributed by atoms with Crippen LogP contribution in [0.25, 0.3) is 0 Å². The van der Waals surface area contributed by atoms with E-state index in [1.54, 1.807) is 0 Å². The third kappa shape index (κ3) is 4.17. The van der Waals surface area contributed by atoms with Gasteiger partial charge in [-0.15, -0.1) is 0 Å². The number of nitro groups is 1. The maximum Gasteiger partial charge on any atom is 0.270 e. The van der Waals surface area contributed by atoms with E-state index in [1.165, 1.54) is 0 Å². The second-order valence-corrected chi connectivity index (χ2v) is 5.67. The largest absolute Gasteiger partial charge is 0.270 e. The lowest BCUT2D eigenvalue weighted by atomic mass is 10.3. The molecular weight excluding hydrogens is 294 g/mol. The van der Waals surface area contributed by atoms with Crippen molar-refractivity contribution < 1.29 is 13.3 Å². The van der Waals surface area contributed by atoms with Crippen LogP contribution in [0.2, 0.25) is 5.02 Å². The number of nitriles is 1. The van der Waals surface area contributed by atoms with Crippen LogP contribution in [0.1, 0.15) is 12.8 Å². The number of halogens is 1. The number of nitrogens with one attached hydrogen (secondary N) is 1. The van der Waals surface area contributed by atoms with Crippen LogP contribution in [0.3, 0.4) is 0 Å². The van der Waals surface area contributed by atoms with Crippen LogP contribution in [-0.2, 0) is 10.0 Å². The number of non-ortho nitro benzene ring substituents is 1. The summed E-state index contributed by atoms with van der Waals surface area (Å²) in [6, 6.07) is 5.06. The Morgan fingerprint density at radius 3 is 2.74 bits per heavy atom. The van der Waals surface area contributed by atoms with E-state index in [-0.39, 0.29) is 28.6 Å². The summed E-state index contributed by atoms with van der Waals surface area (Å²) >= 11 is 5.73. The first-order chi connectivity index (χ1) is 8.88. The molecule has 0 aliphatic rings. The fourth-order valence-electron chi connectivity index (χ4n) is 1.26. The fraction of sp³-hybridized carbons (Fsp3) is 0.300. The molecule has 1 aromatic rings. The molecule has 19 heavy (non-hydrogen) atoms. The molecule has 0 aromatic heterocycles. The molecule has 0 spiro atoms. The minimum Gasteiger partial charge on any atom is -0.258 e. The first-order valence-electron chi connectivity index (χ1n) is 5.19. The van der Waals surface area contributed by atoms with Crippen LogP contribution >= 0.6 is 11.6 Å². The minimum absolute atomic E-state index is 0.0644. The highest BCUT2D eigenvalue weighted by molar-refractivity contribution is 7.89. The van der Waals surface area contributed by atoms with E-state index in [1.807, 2.05) is 6.07 Å². The van der Waals surface area contributed by atoms with Crippen molar-refractivity contribution >= 4 is 27.3 Å². The van der Waals surface area contributed by atoms with E-state index in [0.717, 1.165) is 18.2 Å². The predicted molar refractivity (Wildman–Crippen MR) is 68.1 cm³/mol. The van der Waals surface area contributed by atoms with E-state index in [9.17, 15) is 18.5 Å². The van der Waals surface area contributed by atoms with Gasteiger partial charge in [-0.25, -0.2) is 13.1 Å². The van der Waals surface area contributed by atoms with Gasteiger partial charge >= 0.3 is 0 Å². The molecule has 0 aliphatic carbocycles. The normalized spacial score (nSPS) is 10.9. The number of unbranched alkanes of at least 4 members (excludes halogenated alkanes) is 1. The molecule has 0 radical (unpaired) electrons.